The Bertz CT molecular complexity index is 1220. The van der Waals surface area contributed by atoms with Gasteiger partial charge >= 0.3 is 0 Å². The minimum absolute atomic E-state index is 0.0189. The fourth-order valence-electron chi connectivity index (χ4n) is 2.83. The van der Waals surface area contributed by atoms with E-state index >= 15 is 0 Å². The molecule has 0 heterocycles. The third-order valence-corrected chi connectivity index (χ3v) is 5.77. The van der Waals surface area contributed by atoms with Gasteiger partial charge in [0.05, 0.1) is 17.1 Å². The minimum Gasteiger partial charge on any atom is -0.323 e. The molecule has 0 saturated heterocycles. The van der Waals surface area contributed by atoms with Crippen LogP contribution in [0.25, 0.3) is 0 Å². The number of hydrogen-bond acceptors (Lipinski definition) is 3. The second-order valence-corrected chi connectivity index (χ2v) is 8.28. The molecule has 158 valence electrons. The zero-order valence-corrected chi connectivity index (χ0v) is 17.1. The second kappa shape index (κ2) is 9.41. The largest absolute Gasteiger partial charge is 0.323 e. The summed E-state index contributed by atoms with van der Waals surface area (Å²) >= 11 is 0. The summed E-state index contributed by atoms with van der Waals surface area (Å²) in [4.78, 5) is 14.1. The van der Waals surface area contributed by atoms with Gasteiger partial charge in [-0.3, -0.25) is 9.52 Å². The van der Waals surface area contributed by atoms with Crippen molar-refractivity contribution < 1.29 is 22.0 Å². The molecule has 1 amide bonds. The van der Waals surface area contributed by atoms with E-state index < -0.39 is 21.7 Å². The molecule has 0 atom stereocenters. The molecule has 0 aliphatic heterocycles. The normalized spacial score (nSPS) is 10.9. The highest BCUT2D eigenvalue weighted by molar-refractivity contribution is 7.92. The number of nitrogens with zero attached hydrogens (tertiary/aromatic N) is 1. The van der Waals surface area contributed by atoms with Crippen molar-refractivity contribution in [1.82, 2.24) is 4.90 Å². The van der Waals surface area contributed by atoms with Crippen molar-refractivity contribution in [2.75, 3.05) is 11.3 Å². The third-order valence-electron chi connectivity index (χ3n) is 4.39. The Hall–Kier alpha value is -3.70. The first-order valence-electron chi connectivity index (χ1n) is 9.15. The number of benzene rings is 3. The van der Waals surface area contributed by atoms with Crippen molar-refractivity contribution in [3.05, 3.63) is 95.6 Å². The van der Waals surface area contributed by atoms with Gasteiger partial charge in [0.1, 0.15) is 11.6 Å². The van der Waals surface area contributed by atoms with Crippen LogP contribution in [0.15, 0.2) is 77.7 Å². The van der Waals surface area contributed by atoms with Crippen molar-refractivity contribution in [3.63, 3.8) is 0 Å². The van der Waals surface area contributed by atoms with Gasteiger partial charge < -0.3 is 4.90 Å². The summed E-state index contributed by atoms with van der Waals surface area (Å²) in [7, 11) is -4.04. The maximum absolute atomic E-state index is 13.8. The molecule has 5 nitrogen and oxygen atoms in total. The lowest BCUT2D eigenvalue weighted by atomic mass is 10.1. The molecule has 31 heavy (non-hydrogen) atoms. The predicted octanol–water partition coefficient (Wildman–Crippen LogP) is 4.04. The Labute approximate surface area is 179 Å². The Morgan fingerprint density at radius 1 is 0.968 bits per heavy atom. The van der Waals surface area contributed by atoms with Crippen molar-refractivity contribution in [2.45, 2.75) is 11.4 Å². The summed E-state index contributed by atoms with van der Waals surface area (Å²) < 4.78 is 54.1. The monoisotopic (exact) mass is 440 g/mol. The first-order chi connectivity index (χ1) is 14.8. The molecule has 8 heteroatoms. The fraction of sp³-hybridized carbons (Fsp3) is 0.0870. The summed E-state index contributed by atoms with van der Waals surface area (Å²) in [5.74, 6) is 0.904. The van der Waals surface area contributed by atoms with Gasteiger partial charge in [-0.15, -0.1) is 6.42 Å². The highest BCUT2D eigenvalue weighted by Gasteiger charge is 2.19. The number of halogens is 2. The van der Waals surface area contributed by atoms with E-state index in [1.54, 1.807) is 12.1 Å². The molecule has 0 unspecified atom stereocenters. The SMILES string of the molecule is C#CCN(Cc1ccc(F)cc1)C(=O)c1ccc(S(=O)(=O)Nc2ccccc2F)cc1. The van der Waals surface area contributed by atoms with Gasteiger partial charge in [-0.25, -0.2) is 17.2 Å². The van der Waals surface area contributed by atoms with Crippen LogP contribution in [0.4, 0.5) is 14.5 Å². The van der Waals surface area contributed by atoms with Crippen LogP contribution < -0.4 is 4.72 Å². The van der Waals surface area contributed by atoms with Crippen molar-refractivity contribution in [1.29, 1.82) is 0 Å². The van der Waals surface area contributed by atoms with Crippen LogP contribution in [0.2, 0.25) is 0 Å². The lowest BCUT2D eigenvalue weighted by molar-refractivity contribution is 0.0765. The Kier molecular flexibility index (Phi) is 6.68. The number of rotatable bonds is 7. The highest BCUT2D eigenvalue weighted by Crippen LogP contribution is 2.20. The number of carbonyl (C=O) groups is 1. The zero-order valence-electron chi connectivity index (χ0n) is 16.3. The van der Waals surface area contributed by atoms with Crippen molar-refractivity contribution >= 4 is 21.6 Å². The van der Waals surface area contributed by atoms with Gasteiger partial charge in [0, 0.05) is 12.1 Å². The molecule has 1 N–H and O–H groups in total. The summed E-state index contributed by atoms with van der Waals surface area (Å²) in [6.45, 7) is 0.184. The molecule has 0 aliphatic carbocycles. The van der Waals surface area contributed by atoms with Crippen LogP contribution in [0, 0.1) is 24.0 Å². The van der Waals surface area contributed by atoms with E-state index in [9.17, 15) is 22.0 Å². The van der Waals surface area contributed by atoms with Gasteiger partial charge in [0.15, 0.2) is 0 Å². The number of sulfonamides is 1. The zero-order chi connectivity index (χ0) is 22.4. The minimum atomic E-state index is -4.04. The second-order valence-electron chi connectivity index (χ2n) is 6.60. The standard InChI is InChI=1S/C23H18F2N2O3S/c1-2-15-27(16-17-7-11-19(24)12-8-17)23(28)18-9-13-20(14-10-18)31(29,30)26-22-6-4-3-5-21(22)25/h1,3-14,26H,15-16H2. The van der Waals surface area contributed by atoms with E-state index in [1.165, 1.54) is 59.5 Å². The summed E-state index contributed by atoms with van der Waals surface area (Å²) in [5.41, 5.74) is 0.739. The maximum atomic E-state index is 13.8. The molecular formula is C23H18F2N2O3S. The number of carbonyl (C=O) groups excluding carboxylic acids is 1. The number of terminal acetylenes is 1. The average molecular weight is 440 g/mol. The molecule has 0 saturated carbocycles. The van der Waals surface area contributed by atoms with E-state index in [0.717, 1.165) is 6.07 Å². The van der Waals surface area contributed by atoms with Gasteiger partial charge in [-0.05, 0) is 54.1 Å². The smallest absolute Gasteiger partial charge is 0.261 e. The van der Waals surface area contributed by atoms with Crippen molar-refractivity contribution in [2.24, 2.45) is 0 Å². The van der Waals surface area contributed by atoms with Crippen LogP contribution in [-0.2, 0) is 16.6 Å². The average Bonchev–Trinajstić information content (AvgIpc) is 2.76. The molecule has 0 fully saturated rings. The van der Waals surface area contributed by atoms with E-state index in [2.05, 4.69) is 10.6 Å². The molecule has 0 bridgehead atoms. The fourth-order valence-corrected chi connectivity index (χ4v) is 3.89. The highest BCUT2D eigenvalue weighted by atomic mass is 32.2. The Balaban J connectivity index is 1.78. The van der Waals surface area contributed by atoms with E-state index in [0.29, 0.717) is 5.56 Å². The summed E-state index contributed by atoms with van der Waals surface area (Å²) in [6, 6.07) is 16.3. The lowest BCUT2D eigenvalue weighted by Gasteiger charge is -2.20. The van der Waals surface area contributed by atoms with E-state index in [-0.39, 0.29) is 35.1 Å². The molecule has 0 aromatic heterocycles. The third kappa shape index (κ3) is 5.47. The molecule has 3 aromatic rings. The lowest BCUT2D eigenvalue weighted by Crippen LogP contribution is -2.31. The number of nitrogens with one attached hydrogen (secondary N) is 1. The van der Waals surface area contributed by atoms with Crippen LogP contribution in [0.1, 0.15) is 15.9 Å². The predicted molar refractivity (Wildman–Crippen MR) is 114 cm³/mol. The number of para-hydroxylation sites is 1. The molecule has 3 rings (SSSR count). The van der Waals surface area contributed by atoms with Gasteiger partial charge in [-0.2, -0.15) is 0 Å². The Morgan fingerprint density at radius 2 is 1.61 bits per heavy atom. The van der Waals surface area contributed by atoms with E-state index in [1.807, 2.05) is 0 Å². The number of anilines is 1. The van der Waals surface area contributed by atoms with Crippen LogP contribution in [0.3, 0.4) is 0 Å². The quantitative estimate of drug-likeness (QED) is 0.564. The summed E-state index contributed by atoms with van der Waals surface area (Å²) in [6.07, 6.45) is 5.37. The first-order valence-corrected chi connectivity index (χ1v) is 10.6. The summed E-state index contributed by atoms with van der Waals surface area (Å²) in [5, 5.41) is 0. The number of amides is 1. The van der Waals surface area contributed by atoms with Crippen molar-refractivity contribution in [3.8, 4) is 12.3 Å². The van der Waals surface area contributed by atoms with E-state index in [4.69, 9.17) is 6.42 Å². The first kappa shape index (κ1) is 22.0. The topological polar surface area (TPSA) is 66.5 Å². The van der Waals surface area contributed by atoms with Crippen LogP contribution in [0.5, 0.6) is 0 Å². The van der Waals surface area contributed by atoms with Gasteiger partial charge in [0.25, 0.3) is 15.9 Å². The molecule has 0 radical (unpaired) electrons. The molecular weight excluding hydrogens is 422 g/mol. The molecule has 3 aromatic carbocycles. The Morgan fingerprint density at radius 3 is 2.23 bits per heavy atom. The molecule has 0 aliphatic rings. The van der Waals surface area contributed by atoms with Crippen LogP contribution >= 0.6 is 0 Å². The number of hydrogen-bond donors (Lipinski definition) is 1. The van der Waals surface area contributed by atoms with Gasteiger partial charge in [-0.1, -0.05) is 30.2 Å². The molecule has 0 spiro atoms. The van der Waals surface area contributed by atoms with Gasteiger partial charge in [0.2, 0.25) is 0 Å². The van der Waals surface area contributed by atoms with Crippen LogP contribution in [-0.4, -0.2) is 25.8 Å². The maximum Gasteiger partial charge on any atom is 0.261 e.